The van der Waals surface area contributed by atoms with Crippen LogP contribution in [0.25, 0.3) is 55.0 Å². The van der Waals surface area contributed by atoms with Gasteiger partial charge in [0.25, 0.3) is 0 Å². The molecule has 2 aromatic heterocycles. The Morgan fingerprint density at radius 1 is 0.451 bits per heavy atom. The number of aliphatic imine (C=N–C) groups is 1. The van der Waals surface area contributed by atoms with E-state index in [4.69, 9.17) is 4.99 Å². The number of nitrogens with one attached hydrogen (secondary N) is 1. The fourth-order valence-electron chi connectivity index (χ4n) is 8.01. The van der Waals surface area contributed by atoms with Crippen LogP contribution in [0.2, 0.25) is 0 Å². The molecule has 3 heterocycles. The Balaban J connectivity index is 1.08. The molecule has 1 N–H and O–H groups in total. The van der Waals surface area contributed by atoms with Gasteiger partial charge in [-0.05, 0) is 59.7 Å². The van der Waals surface area contributed by atoms with Crippen molar-refractivity contribution >= 4 is 49.4 Å². The van der Waals surface area contributed by atoms with E-state index in [0.29, 0.717) is 0 Å². The summed E-state index contributed by atoms with van der Waals surface area (Å²) >= 11 is 0. The molecule has 244 valence electrons. The van der Waals surface area contributed by atoms with Crippen molar-refractivity contribution in [3.8, 4) is 11.4 Å². The van der Waals surface area contributed by atoms with Crippen LogP contribution in [0.15, 0.2) is 181 Å². The second kappa shape index (κ2) is 11.9. The minimum Gasteiger partial charge on any atom is -0.340 e. The van der Waals surface area contributed by atoms with Gasteiger partial charge in [-0.15, -0.1) is 0 Å². The predicted octanol–water partition coefficient (Wildman–Crippen LogP) is 10.6. The van der Waals surface area contributed by atoms with Crippen molar-refractivity contribution in [2.45, 2.75) is 12.3 Å². The highest BCUT2D eigenvalue weighted by Crippen LogP contribution is 2.37. The number of rotatable bonds is 5. The van der Waals surface area contributed by atoms with Gasteiger partial charge in [-0.25, -0.2) is 4.99 Å². The van der Waals surface area contributed by atoms with E-state index in [1.165, 1.54) is 49.2 Å². The van der Waals surface area contributed by atoms with Crippen molar-refractivity contribution in [2.75, 3.05) is 7.05 Å². The summed E-state index contributed by atoms with van der Waals surface area (Å²) in [5, 5.41) is 8.83. The van der Waals surface area contributed by atoms with Crippen LogP contribution < -0.4 is 5.32 Å². The smallest absolute Gasteiger partial charge is 0.134 e. The van der Waals surface area contributed by atoms with E-state index in [1.807, 2.05) is 0 Å². The molecule has 1 aliphatic rings. The predicted molar refractivity (Wildman–Crippen MR) is 211 cm³/mol. The van der Waals surface area contributed by atoms with Crippen molar-refractivity contribution in [1.82, 2.24) is 19.4 Å². The monoisotopic (exact) mass is 657 g/mol. The summed E-state index contributed by atoms with van der Waals surface area (Å²) in [5.41, 5.74) is 10.5. The van der Waals surface area contributed by atoms with Crippen LogP contribution in [0.3, 0.4) is 0 Å². The number of amidine groups is 1. The van der Waals surface area contributed by atoms with Crippen LogP contribution in [0.1, 0.15) is 29.0 Å². The third kappa shape index (κ3) is 4.78. The summed E-state index contributed by atoms with van der Waals surface area (Å²) in [7, 11) is 2.12. The van der Waals surface area contributed by atoms with Crippen LogP contribution in [-0.4, -0.2) is 26.9 Å². The topological polar surface area (TPSA) is 37.5 Å². The summed E-state index contributed by atoms with van der Waals surface area (Å²) in [6.45, 7) is 0. The van der Waals surface area contributed by atoms with Crippen molar-refractivity contribution in [3.05, 3.63) is 193 Å². The lowest BCUT2D eigenvalue weighted by Crippen LogP contribution is -2.46. The number of benzene rings is 7. The van der Waals surface area contributed by atoms with Gasteiger partial charge in [-0.3, -0.25) is 5.32 Å². The summed E-state index contributed by atoms with van der Waals surface area (Å²) in [6, 6.07) is 63.0. The highest BCUT2D eigenvalue weighted by Gasteiger charge is 2.30. The first kappa shape index (κ1) is 29.5. The third-order valence-corrected chi connectivity index (χ3v) is 10.4. The quantitative estimate of drug-likeness (QED) is 0.200. The Bertz CT molecular complexity index is 2690. The number of fused-ring (bicyclic) bond motifs is 6. The molecular formula is C46H35N5. The molecule has 9 aromatic rings. The van der Waals surface area contributed by atoms with E-state index in [2.05, 4.69) is 202 Å². The van der Waals surface area contributed by atoms with Crippen LogP contribution >= 0.6 is 0 Å². The number of hydrogen-bond acceptors (Lipinski definition) is 3. The first-order valence-corrected chi connectivity index (χ1v) is 17.5. The molecule has 5 nitrogen and oxygen atoms in total. The summed E-state index contributed by atoms with van der Waals surface area (Å²) in [6.07, 6.45) is -0.229. The van der Waals surface area contributed by atoms with Gasteiger partial charge in [0.2, 0.25) is 0 Å². The van der Waals surface area contributed by atoms with Crippen LogP contribution in [-0.2, 0) is 0 Å². The molecular weight excluding hydrogens is 623 g/mol. The normalized spacial score (nSPS) is 16.3. The zero-order chi connectivity index (χ0) is 33.9. The molecule has 0 radical (unpaired) electrons. The molecule has 0 spiro atoms. The molecule has 0 saturated carbocycles. The minimum absolute atomic E-state index is 0.0235. The molecule has 51 heavy (non-hydrogen) atoms. The second-order valence-corrected chi connectivity index (χ2v) is 13.3. The molecule has 0 fully saturated rings. The van der Waals surface area contributed by atoms with Crippen LogP contribution in [0.5, 0.6) is 0 Å². The van der Waals surface area contributed by atoms with Crippen molar-refractivity contribution in [3.63, 3.8) is 0 Å². The summed E-state index contributed by atoms with van der Waals surface area (Å²) < 4.78 is 4.78. The number of para-hydroxylation sites is 3. The van der Waals surface area contributed by atoms with Gasteiger partial charge in [0, 0.05) is 45.5 Å². The largest absolute Gasteiger partial charge is 0.340 e. The molecule has 0 bridgehead atoms. The molecule has 0 saturated heterocycles. The fourth-order valence-corrected chi connectivity index (χ4v) is 8.01. The second-order valence-electron chi connectivity index (χ2n) is 13.3. The molecule has 7 aromatic carbocycles. The van der Waals surface area contributed by atoms with Crippen molar-refractivity contribution in [1.29, 1.82) is 0 Å². The average Bonchev–Trinajstić information content (AvgIpc) is 3.71. The van der Waals surface area contributed by atoms with Gasteiger partial charge in [-0.1, -0.05) is 127 Å². The van der Waals surface area contributed by atoms with Gasteiger partial charge >= 0.3 is 0 Å². The number of aromatic nitrogens is 2. The van der Waals surface area contributed by atoms with E-state index in [9.17, 15) is 0 Å². The molecule has 2 atom stereocenters. The standard InChI is InChI=1S/C46H35N5/c1-49-45(32-14-4-2-5-15-32)47-44(48-46(49)33-16-6-3-7-17-33)31-24-26-34(27-25-31)50-42-23-13-10-20-38(42)39-30-35(28-29-43(39)50)51-40-21-11-8-18-36(40)37-19-9-12-22-41(37)51/h2-30,44-45,47H,1H3. The van der Waals surface area contributed by atoms with Gasteiger partial charge < -0.3 is 14.0 Å². The van der Waals surface area contributed by atoms with Crippen molar-refractivity contribution in [2.24, 2.45) is 4.99 Å². The fraction of sp³-hybridized carbons (Fsp3) is 0.0652. The first-order valence-electron chi connectivity index (χ1n) is 17.5. The maximum absolute atomic E-state index is 5.27. The Morgan fingerprint density at radius 3 is 1.57 bits per heavy atom. The summed E-state index contributed by atoms with van der Waals surface area (Å²) in [5.74, 6) is 0.971. The van der Waals surface area contributed by atoms with Crippen LogP contribution in [0, 0.1) is 0 Å². The minimum atomic E-state index is -0.206. The Labute approximate surface area is 296 Å². The Kier molecular flexibility index (Phi) is 6.86. The SMILES string of the molecule is CN1C(c2ccccc2)=NC(c2ccc(-n3c4ccccc4c4cc(-n5c6ccccc6c6ccccc65)ccc43)cc2)NC1c1ccccc1. The van der Waals surface area contributed by atoms with Gasteiger partial charge in [0.05, 0.1) is 22.1 Å². The lowest BCUT2D eigenvalue weighted by molar-refractivity contribution is 0.257. The first-order chi connectivity index (χ1) is 25.2. The zero-order valence-electron chi connectivity index (χ0n) is 28.2. The Hall–Kier alpha value is -6.43. The average molecular weight is 658 g/mol. The van der Waals surface area contributed by atoms with E-state index in [0.717, 1.165) is 28.3 Å². The molecule has 0 aliphatic carbocycles. The van der Waals surface area contributed by atoms with E-state index in [1.54, 1.807) is 0 Å². The van der Waals surface area contributed by atoms with Crippen LogP contribution in [0.4, 0.5) is 0 Å². The molecule has 5 heteroatoms. The van der Waals surface area contributed by atoms with Crippen molar-refractivity contribution < 1.29 is 0 Å². The molecule has 10 rings (SSSR count). The highest BCUT2D eigenvalue weighted by molar-refractivity contribution is 6.12. The molecule has 1 aliphatic heterocycles. The van der Waals surface area contributed by atoms with E-state index < -0.39 is 0 Å². The maximum Gasteiger partial charge on any atom is 0.134 e. The third-order valence-electron chi connectivity index (χ3n) is 10.4. The van der Waals surface area contributed by atoms with E-state index in [-0.39, 0.29) is 12.3 Å². The highest BCUT2D eigenvalue weighted by atomic mass is 15.4. The molecule has 0 amide bonds. The van der Waals surface area contributed by atoms with E-state index >= 15 is 0 Å². The number of hydrogen-bond donors (Lipinski definition) is 1. The van der Waals surface area contributed by atoms with Gasteiger partial charge in [-0.2, -0.15) is 0 Å². The lowest BCUT2D eigenvalue weighted by Gasteiger charge is -2.39. The van der Waals surface area contributed by atoms with Gasteiger partial charge in [0.15, 0.2) is 0 Å². The Morgan fingerprint density at radius 2 is 0.941 bits per heavy atom. The molecule has 2 unspecified atom stereocenters. The number of nitrogens with zero attached hydrogens (tertiary/aromatic N) is 4. The zero-order valence-corrected chi connectivity index (χ0v) is 28.2. The van der Waals surface area contributed by atoms with Gasteiger partial charge in [0.1, 0.15) is 18.2 Å². The summed E-state index contributed by atoms with van der Waals surface area (Å²) in [4.78, 5) is 7.51. The lowest BCUT2D eigenvalue weighted by atomic mass is 10.1. The maximum atomic E-state index is 5.27.